The highest BCUT2D eigenvalue weighted by Crippen LogP contribution is 2.39. The van der Waals surface area contributed by atoms with Crippen LogP contribution in [-0.4, -0.2) is 36.5 Å². The molecule has 0 N–H and O–H groups in total. The molecule has 0 saturated carbocycles. The van der Waals surface area contributed by atoms with Crippen LogP contribution in [-0.2, 0) is 4.79 Å². The van der Waals surface area contributed by atoms with Gasteiger partial charge in [0.25, 0.3) is 0 Å². The molecule has 1 aliphatic rings. The Hall–Kier alpha value is -3.75. The molecular formula is C29H27F5N2O2. The second kappa shape index (κ2) is 11.3. The average molecular weight is 531 g/mol. The van der Waals surface area contributed by atoms with Gasteiger partial charge in [-0.25, -0.2) is 8.78 Å². The van der Waals surface area contributed by atoms with Crippen molar-refractivity contribution in [1.29, 1.82) is 0 Å². The SMILES string of the molecule is CCCCN(C)C(=O)C1CC(c2c(F)cccc2F)=NC1c1ccc(-c2ccc(OC(F)(F)F)cc2)cc1. The maximum Gasteiger partial charge on any atom is 0.573 e. The van der Waals surface area contributed by atoms with Crippen LogP contribution in [0.2, 0.25) is 0 Å². The van der Waals surface area contributed by atoms with Crippen molar-refractivity contribution < 1.29 is 31.5 Å². The fourth-order valence-electron chi connectivity index (χ4n) is 4.61. The Bertz CT molecular complexity index is 1280. The Morgan fingerprint density at radius 1 is 0.974 bits per heavy atom. The summed E-state index contributed by atoms with van der Waals surface area (Å²) < 4.78 is 70.3. The van der Waals surface area contributed by atoms with E-state index in [4.69, 9.17) is 0 Å². The van der Waals surface area contributed by atoms with E-state index in [1.165, 1.54) is 30.3 Å². The molecule has 0 fully saturated rings. The number of hydrogen-bond acceptors (Lipinski definition) is 3. The minimum absolute atomic E-state index is 0.0975. The zero-order chi connectivity index (χ0) is 27.4. The maximum absolute atomic E-state index is 14.6. The third-order valence-corrected chi connectivity index (χ3v) is 6.55. The highest BCUT2D eigenvalue weighted by atomic mass is 19.4. The number of carbonyl (C=O) groups excluding carboxylic acids is 1. The van der Waals surface area contributed by atoms with E-state index in [1.807, 2.05) is 6.92 Å². The number of halogens is 5. The van der Waals surface area contributed by atoms with E-state index in [-0.39, 0.29) is 29.4 Å². The molecule has 3 aromatic carbocycles. The van der Waals surface area contributed by atoms with Crippen molar-refractivity contribution in [2.45, 2.75) is 38.6 Å². The number of amides is 1. The Labute approximate surface area is 217 Å². The standard InChI is InChI=1S/C29H27F5N2O2/c1-3-4-16-36(2)28(37)22-17-25(26-23(30)6-5-7-24(26)31)35-27(22)20-10-8-18(9-11-20)19-12-14-21(15-13-19)38-29(32,33)34/h5-15,22,27H,3-4,16-17H2,1-2H3. The zero-order valence-electron chi connectivity index (χ0n) is 20.9. The lowest BCUT2D eigenvalue weighted by molar-refractivity contribution is -0.274. The van der Waals surface area contributed by atoms with Crippen LogP contribution < -0.4 is 4.74 Å². The summed E-state index contributed by atoms with van der Waals surface area (Å²) in [6.07, 6.45) is -2.93. The summed E-state index contributed by atoms with van der Waals surface area (Å²) in [5, 5.41) is 0. The van der Waals surface area contributed by atoms with Crippen LogP contribution in [0.15, 0.2) is 71.7 Å². The zero-order valence-corrected chi connectivity index (χ0v) is 20.9. The lowest BCUT2D eigenvalue weighted by Crippen LogP contribution is -2.35. The lowest BCUT2D eigenvalue weighted by atomic mass is 9.89. The van der Waals surface area contributed by atoms with Crippen molar-refractivity contribution in [2.75, 3.05) is 13.6 Å². The second-order valence-electron chi connectivity index (χ2n) is 9.24. The first-order chi connectivity index (χ1) is 18.1. The van der Waals surface area contributed by atoms with Gasteiger partial charge in [0.1, 0.15) is 17.4 Å². The molecule has 0 bridgehead atoms. The van der Waals surface area contributed by atoms with Crippen molar-refractivity contribution in [2.24, 2.45) is 10.9 Å². The molecule has 0 aliphatic carbocycles. The van der Waals surface area contributed by atoms with Gasteiger partial charge in [-0.05, 0) is 47.4 Å². The van der Waals surface area contributed by atoms with Crippen molar-refractivity contribution in [1.82, 2.24) is 4.90 Å². The first-order valence-electron chi connectivity index (χ1n) is 12.3. The summed E-state index contributed by atoms with van der Waals surface area (Å²) in [6.45, 7) is 2.59. The van der Waals surface area contributed by atoms with Gasteiger partial charge in [-0.2, -0.15) is 0 Å². The van der Waals surface area contributed by atoms with Gasteiger partial charge in [0, 0.05) is 25.7 Å². The van der Waals surface area contributed by atoms with Gasteiger partial charge in [0.15, 0.2) is 0 Å². The Kier molecular flexibility index (Phi) is 8.14. The number of unbranched alkanes of at least 4 members (excludes halogenated alkanes) is 1. The fraction of sp³-hybridized carbons (Fsp3) is 0.310. The molecule has 1 heterocycles. The number of ether oxygens (including phenoxy) is 1. The summed E-state index contributed by atoms with van der Waals surface area (Å²) in [7, 11) is 1.71. The van der Waals surface area contributed by atoms with Gasteiger partial charge in [0.05, 0.1) is 17.5 Å². The van der Waals surface area contributed by atoms with Gasteiger partial charge >= 0.3 is 6.36 Å². The van der Waals surface area contributed by atoms with E-state index in [2.05, 4.69) is 9.73 Å². The molecular weight excluding hydrogens is 503 g/mol. The number of benzene rings is 3. The average Bonchev–Trinajstić information content (AvgIpc) is 3.31. The second-order valence-corrected chi connectivity index (χ2v) is 9.24. The first-order valence-corrected chi connectivity index (χ1v) is 12.3. The molecule has 4 rings (SSSR count). The van der Waals surface area contributed by atoms with Gasteiger partial charge < -0.3 is 9.64 Å². The monoisotopic (exact) mass is 530 g/mol. The van der Waals surface area contributed by atoms with Crippen LogP contribution in [0, 0.1) is 17.6 Å². The summed E-state index contributed by atoms with van der Waals surface area (Å²) in [5.41, 5.74) is 2.08. The number of hydrogen-bond donors (Lipinski definition) is 0. The van der Waals surface area contributed by atoms with Crippen LogP contribution in [0.4, 0.5) is 22.0 Å². The molecule has 2 atom stereocenters. The predicted octanol–water partition coefficient (Wildman–Crippen LogP) is 7.34. The molecule has 200 valence electrons. The van der Waals surface area contributed by atoms with E-state index in [0.29, 0.717) is 17.7 Å². The molecule has 1 amide bonds. The summed E-state index contributed by atoms with van der Waals surface area (Å²) in [4.78, 5) is 19.6. The smallest absolute Gasteiger partial charge is 0.406 e. The van der Waals surface area contributed by atoms with Crippen molar-refractivity contribution in [3.05, 3.63) is 89.5 Å². The van der Waals surface area contributed by atoms with Crippen LogP contribution in [0.3, 0.4) is 0 Å². The van der Waals surface area contributed by atoms with Crippen molar-refractivity contribution in [3.8, 4) is 16.9 Å². The van der Waals surface area contributed by atoms with Crippen LogP contribution in [0.5, 0.6) is 5.75 Å². The lowest BCUT2D eigenvalue weighted by Gasteiger charge is -2.24. The molecule has 0 saturated heterocycles. The normalized spacial score (nSPS) is 17.3. The topological polar surface area (TPSA) is 41.9 Å². The van der Waals surface area contributed by atoms with Crippen LogP contribution in [0.25, 0.3) is 11.1 Å². The molecule has 0 radical (unpaired) electrons. The van der Waals surface area contributed by atoms with E-state index in [1.54, 1.807) is 36.2 Å². The largest absolute Gasteiger partial charge is 0.573 e. The Morgan fingerprint density at radius 2 is 1.55 bits per heavy atom. The molecule has 0 spiro atoms. The van der Waals surface area contributed by atoms with Crippen molar-refractivity contribution in [3.63, 3.8) is 0 Å². The minimum atomic E-state index is -4.77. The third kappa shape index (κ3) is 6.20. The number of carbonyl (C=O) groups is 1. The van der Waals surface area contributed by atoms with Gasteiger partial charge in [-0.1, -0.05) is 55.8 Å². The first kappa shape index (κ1) is 27.3. The van der Waals surface area contributed by atoms with Gasteiger partial charge in [-0.3, -0.25) is 9.79 Å². The summed E-state index contributed by atoms with van der Waals surface area (Å²) >= 11 is 0. The number of alkyl halides is 3. The van der Waals surface area contributed by atoms with Gasteiger partial charge in [-0.15, -0.1) is 13.2 Å². The summed E-state index contributed by atoms with van der Waals surface area (Å²) in [5.74, 6) is -2.56. The van der Waals surface area contributed by atoms with E-state index in [0.717, 1.165) is 30.5 Å². The van der Waals surface area contributed by atoms with E-state index < -0.39 is 30.0 Å². The number of aliphatic imine (C=N–C) groups is 1. The highest BCUT2D eigenvalue weighted by molar-refractivity contribution is 6.05. The molecule has 2 unspecified atom stereocenters. The molecule has 9 heteroatoms. The Balaban J connectivity index is 1.63. The Morgan fingerprint density at radius 3 is 2.11 bits per heavy atom. The molecule has 0 aromatic heterocycles. The van der Waals surface area contributed by atoms with Gasteiger partial charge in [0.2, 0.25) is 5.91 Å². The number of nitrogens with zero attached hydrogens (tertiary/aromatic N) is 2. The molecule has 3 aromatic rings. The third-order valence-electron chi connectivity index (χ3n) is 6.55. The van der Waals surface area contributed by atoms with Crippen LogP contribution >= 0.6 is 0 Å². The fourth-order valence-corrected chi connectivity index (χ4v) is 4.61. The van der Waals surface area contributed by atoms with Crippen molar-refractivity contribution >= 4 is 11.6 Å². The molecule has 38 heavy (non-hydrogen) atoms. The van der Waals surface area contributed by atoms with Crippen LogP contribution in [0.1, 0.15) is 43.4 Å². The minimum Gasteiger partial charge on any atom is -0.406 e. The molecule has 4 nitrogen and oxygen atoms in total. The quantitative estimate of drug-likeness (QED) is 0.286. The summed E-state index contributed by atoms with van der Waals surface area (Å²) in [6, 6.07) is 15.5. The van der Waals surface area contributed by atoms with E-state index in [9.17, 15) is 26.7 Å². The maximum atomic E-state index is 14.6. The highest BCUT2D eigenvalue weighted by Gasteiger charge is 2.39. The number of rotatable bonds is 8. The van der Waals surface area contributed by atoms with E-state index >= 15 is 0 Å². The predicted molar refractivity (Wildman–Crippen MR) is 135 cm³/mol. The molecule has 1 aliphatic heterocycles.